The summed E-state index contributed by atoms with van der Waals surface area (Å²) in [4.78, 5) is 30.5. The second-order valence-corrected chi connectivity index (χ2v) is 5.40. The van der Waals surface area contributed by atoms with E-state index in [1.807, 2.05) is 0 Å². The fraction of sp³-hybridized carbons (Fsp3) is 0.438. The van der Waals surface area contributed by atoms with E-state index in [0.717, 1.165) is 0 Å². The monoisotopic (exact) mass is 357 g/mol. The van der Waals surface area contributed by atoms with Gasteiger partial charge in [-0.05, 0) is 18.6 Å². The maximum Gasteiger partial charge on any atom is 0.411 e. The molecule has 1 heterocycles. The van der Waals surface area contributed by atoms with E-state index < -0.39 is 12.8 Å². The van der Waals surface area contributed by atoms with Crippen molar-refractivity contribution in [1.29, 1.82) is 0 Å². The third kappa shape index (κ3) is 6.54. The largest absolute Gasteiger partial charge is 0.411 e. The minimum atomic E-state index is -4.37. The first-order chi connectivity index (χ1) is 11.8. The zero-order valence-electron chi connectivity index (χ0n) is 13.4. The predicted molar refractivity (Wildman–Crippen MR) is 85.2 cm³/mol. The Balaban J connectivity index is 1.70. The third-order valence-corrected chi connectivity index (χ3v) is 3.31. The smallest absolute Gasteiger partial charge is 0.370 e. The van der Waals surface area contributed by atoms with Crippen LogP contribution in [-0.4, -0.2) is 41.8 Å². The molecule has 0 atom stereocenters. The highest BCUT2D eigenvalue weighted by atomic mass is 19.4. The van der Waals surface area contributed by atoms with Crippen molar-refractivity contribution in [1.82, 2.24) is 15.3 Å². The second-order valence-electron chi connectivity index (χ2n) is 5.40. The molecule has 0 fully saturated rings. The summed E-state index contributed by atoms with van der Waals surface area (Å²) in [5, 5.41) is 2.98. The number of nitrogens with zero attached hydrogens (tertiary/aromatic N) is 1. The summed E-state index contributed by atoms with van der Waals surface area (Å²) in [6, 6.07) is 6.95. The van der Waals surface area contributed by atoms with Gasteiger partial charge in [-0.1, -0.05) is 12.1 Å². The number of aryl methyl sites for hydroxylation is 1. The van der Waals surface area contributed by atoms with Crippen LogP contribution in [0.25, 0.3) is 10.9 Å². The summed E-state index contributed by atoms with van der Waals surface area (Å²) >= 11 is 0. The summed E-state index contributed by atoms with van der Waals surface area (Å²) in [5.74, 6) is 0.198. The highest BCUT2D eigenvalue weighted by Crippen LogP contribution is 2.14. The number of para-hydroxylation sites is 1. The highest BCUT2D eigenvalue weighted by molar-refractivity contribution is 5.77. The number of H-pyrrole nitrogens is 1. The molecule has 1 amide bonds. The number of aromatic nitrogens is 2. The normalized spacial score (nSPS) is 11.6. The van der Waals surface area contributed by atoms with Crippen LogP contribution >= 0.6 is 0 Å². The van der Waals surface area contributed by atoms with Gasteiger partial charge in [-0.15, -0.1) is 0 Å². The highest BCUT2D eigenvalue weighted by Gasteiger charge is 2.27. The molecule has 25 heavy (non-hydrogen) atoms. The van der Waals surface area contributed by atoms with Gasteiger partial charge in [0.1, 0.15) is 12.4 Å². The Labute approximate surface area is 141 Å². The van der Waals surface area contributed by atoms with Gasteiger partial charge in [-0.2, -0.15) is 13.2 Å². The maximum atomic E-state index is 11.9. The van der Waals surface area contributed by atoms with E-state index in [0.29, 0.717) is 29.6 Å². The van der Waals surface area contributed by atoms with E-state index in [2.05, 4.69) is 20.0 Å². The molecule has 1 aromatic heterocycles. The predicted octanol–water partition coefficient (Wildman–Crippen LogP) is 1.94. The van der Waals surface area contributed by atoms with E-state index in [1.54, 1.807) is 24.3 Å². The van der Waals surface area contributed by atoms with Gasteiger partial charge in [-0.25, -0.2) is 4.98 Å². The van der Waals surface area contributed by atoms with E-state index in [4.69, 9.17) is 0 Å². The Bertz CT molecular complexity index is 774. The molecule has 0 saturated carbocycles. The van der Waals surface area contributed by atoms with Gasteiger partial charge >= 0.3 is 6.18 Å². The van der Waals surface area contributed by atoms with Crippen LogP contribution in [0, 0.1) is 0 Å². The van der Waals surface area contributed by atoms with Gasteiger partial charge in [-0.3, -0.25) is 9.59 Å². The maximum absolute atomic E-state index is 11.9. The van der Waals surface area contributed by atoms with Gasteiger partial charge in [0, 0.05) is 19.4 Å². The average Bonchev–Trinajstić information content (AvgIpc) is 2.53. The number of nitrogens with one attached hydrogen (secondary N) is 2. The Hall–Kier alpha value is -2.42. The molecule has 2 N–H and O–H groups in total. The van der Waals surface area contributed by atoms with Crippen molar-refractivity contribution >= 4 is 16.8 Å². The van der Waals surface area contributed by atoms with Crippen molar-refractivity contribution in [2.45, 2.75) is 25.4 Å². The molecule has 2 aromatic rings. The lowest BCUT2D eigenvalue weighted by Crippen LogP contribution is -2.28. The van der Waals surface area contributed by atoms with Crippen LogP contribution in [0.4, 0.5) is 13.2 Å². The molecule has 2 rings (SSSR count). The molecular formula is C16H18F3N3O3. The van der Waals surface area contributed by atoms with Crippen molar-refractivity contribution < 1.29 is 22.7 Å². The summed E-state index contributed by atoms with van der Waals surface area (Å²) in [6.45, 7) is -1.52. The van der Waals surface area contributed by atoms with Gasteiger partial charge in [0.25, 0.3) is 5.56 Å². The molecule has 0 spiro atoms. The zero-order valence-corrected chi connectivity index (χ0v) is 13.4. The van der Waals surface area contributed by atoms with Gasteiger partial charge in [0.05, 0.1) is 17.5 Å². The minimum Gasteiger partial charge on any atom is -0.370 e. The number of carbonyl (C=O) groups excluding carboxylic acids is 1. The molecule has 0 saturated heterocycles. The quantitative estimate of drug-likeness (QED) is 0.707. The van der Waals surface area contributed by atoms with Crippen LogP contribution in [0.3, 0.4) is 0 Å². The van der Waals surface area contributed by atoms with Gasteiger partial charge < -0.3 is 15.0 Å². The molecule has 0 aliphatic rings. The van der Waals surface area contributed by atoms with E-state index in [-0.39, 0.29) is 31.0 Å². The van der Waals surface area contributed by atoms with Crippen LogP contribution in [0.15, 0.2) is 29.1 Å². The van der Waals surface area contributed by atoms with Gasteiger partial charge in [0.15, 0.2) is 0 Å². The Kier molecular flexibility index (Phi) is 6.51. The van der Waals surface area contributed by atoms with Crippen LogP contribution < -0.4 is 10.9 Å². The number of ether oxygens (including phenoxy) is 1. The molecule has 0 aliphatic heterocycles. The zero-order chi connectivity index (χ0) is 18.3. The number of fused-ring (bicyclic) bond motifs is 1. The molecular weight excluding hydrogens is 339 g/mol. The van der Waals surface area contributed by atoms with E-state index in [1.165, 1.54) is 0 Å². The average molecular weight is 357 g/mol. The summed E-state index contributed by atoms with van der Waals surface area (Å²) in [6.07, 6.45) is -3.32. The number of rotatable bonds is 8. The van der Waals surface area contributed by atoms with E-state index in [9.17, 15) is 22.8 Å². The molecule has 1 aromatic carbocycles. The number of hydrogen-bond donors (Lipinski definition) is 2. The lowest BCUT2D eigenvalue weighted by atomic mass is 10.2. The molecule has 0 aliphatic carbocycles. The van der Waals surface area contributed by atoms with Crippen LogP contribution in [-0.2, 0) is 16.0 Å². The molecule has 0 unspecified atom stereocenters. The van der Waals surface area contributed by atoms with E-state index >= 15 is 0 Å². The molecule has 0 radical (unpaired) electrons. The summed E-state index contributed by atoms with van der Waals surface area (Å²) < 4.78 is 39.9. The number of alkyl halides is 3. The minimum absolute atomic E-state index is 0.0139. The number of carbonyl (C=O) groups is 1. The van der Waals surface area contributed by atoms with Crippen LogP contribution in [0.2, 0.25) is 0 Å². The number of halogens is 3. The molecule has 6 nitrogen and oxygen atoms in total. The first kappa shape index (κ1) is 18.9. The Morgan fingerprint density at radius 3 is 2.80 bits per heavy atom. The fourth-order valence-electron chi connectivity index (χ4n) is 2.21. The lowest BCUT2D eigenvalue weighted by Gasteiger charge is -2.08. The molecule has 136 valence electrons. The van der Waals surface area contributed by atoms with Crippen molar-refractivity contribution in [3.05, 3.63) is 40.4 Å². The van der Waals surface area contributed by atoms with Crippen molar-refractivity contribution in [2.75, 3.05) is 19.8 Å². The fourth-order valence-corrected chi connectivity index (χ4v) is 2.21. The first-order valence-corrected chi connectivity index (χ1v) is 7.74. The topological polar surface area (TPSA) is 84.1 Å². The first-order valence-electron chi connectivity index (χ1n) is 7.74. The SMILES string of the molecule is O=C(CCCc1nc2ccccc2c(=O)[nH]1)NCCOCC(F)(F)F. The lowest BCUT2D eigenvalue weighted by molar-refractivity contribution is -0.173. The van der Waals surface area contributed by atoms with Gasteiger partial charge in [0.2, 0.25) is 5.91 Å². The van der Waals surface area contributed by atoms with Crippen LogP contribution in [0.1, 0.15) is 18.7 Å². The third-order valence-electron chi connectivity index (χ3n) is 3.31. The molecule has 9 heteroatoms. The number of aromatic amines is 1. The summed E-state index contributed by atoms with van der Waals surface area (Å²) in [5.41, 5.74) is 0.361. The molecule has 0 bridgehead atoms. The second kappa shape index (κ2) is 8.61. The Morgan fingerprint density at radius 1 is 1.28 bits per heavy atom. The standard InChI is InChI=1S/C16H18F3N3O3/c17-16(18,19)10-25-9-8-20-14(23)7-3-6-13-21-12-5-2-1-4-11(12)15(24)22-13/h1-2,4-5H,3,6-10H2,(H,20,23)(H,21,22,24). The Morgan fingerprint density at radius 2 is 2.04 bits per heavy atom. The summed E-state index contributed by atoms with van der Waals surface area (Å²) in [7, 11) is 0. The number of amides is 1. The van der Waals surface area contributed by atoms with Crippen molar-refractivity contribution in [2.24, 2.45) is 0 Å². The number of hydrogen-bond acceptors (Lipinski definition) is 4. The number of benzene rings is 1. The van der Waals surface area contributed by atoms with Crippen LogP contribution in [0.5, 0.6) is 0 Å². The van der Waals surface area contributed by atoms with Crippen molar-refractivity contribution in [3.63, 3.8) is 0 Å². The van der Waals surface area contributed by atoms with Crippen molar-refractivity contribution in [3.8, 4) is 0 Å².